The number of hydrogen-bond donors (Lipinski definition) is 0. The van der Waals surface area contributed by atoms with E-state index in [1.807, 2.05) is 13.8 Å². The van der Waals surface area contributed by atoms with Crippen molar-refractivity contribution in [2.75, 3.05) is 20.2 Å². The lowest BCUT2D eigenvalue weighted by Gasteiger charge is -2.28. The first-order valence-electron chi connectivity index (χ1n) is 5.07. The molecular weight excluding hydrogens is 166 g/mol. The lowest BCUT2D eigenvalue weighted by Crippen LogP contribution is -2.37. The van der Waals surface area contributed by atoms with E-state index in [2.05, 4.69) is 11.7 Å². The Morgan fingerprint density at radius 1 is 1.31 bits per heavy atom. The van der Waals surface area contributed by atoms with Crippen LogP contribution in [0.15, 0.2) is 0 Å². The molecule has 1 fully saturated rings. The molecule has 0 radical (unpaired) electrons. The standard InChI is InChI=1S/C8H15NO2.C2H6/c1-7-3-5-9(6-4-7)8(10)11-2;1-2/h7H,3-6H2,1-2H3;1-2H3. The SMILES string of the molecule is CC.COC(=O)N1CCC(C)CC1. The van der Waals surface area contributed by atoms with Crippen molar-refractivity contribution in [3.63, 3.8) is 0 Å². The Morgan fingerprint density at radius 2 is 1.77 bits per heavy atom. The van der Waals surface area contributed by atoms with E-state index in [0.717, 1.165) is 31.8 Å². The van der Waals surface area contributed by atoms with Crippen molar-refractivity contribution in [2.24, 2.45) is 5.92 Å². The number of methoxy groups -OCH3 is 1. The van der Waals surface area contributed by atoms with Crippen molar-refractivity contribution < 1.29 is 9.53 Å². The second-order valence-electron chi connectivity index (χ2n) is 3.14. The smallest absolute Gasteiger partial charge is 0.409 e. The average Bonchev–Trinajstić information content (AvgIpc) is 2.21. The number of carbonyl (C=O) groups excluding carboxylic acids is 1. The maximum absolute atomic E-state index is 11.0. The molecule has 3 heteroatoms. The second-order valence-corrected chi connectivity index (χ2v) is 3.14. The van der Waals surface area contributed by atoms with Crippen LogP contribution in [0, 0.1) is 5.92 Å². The van der Waals surface area contributed by atoms with Gasteiger partial charge < -0.3 is 9.64 Å². The van der Waals surface area contributed by atoms with Gasteiger partial charge in [0, 0.05) is 13.1 Å². The van der Waals surface area contributed by atoms with Crippen LogP contribution >= 0.6 is 0 Å². The molecule has 0 unspecified atom stereocenters. The highest BCUT2D eigenvalue weighted by molar-refractivity contribution is 5.67. The second kappa shape index (κ2) is 6.75. The first-order valence-corrected chi connectivity index (χ1v) is 5.07. The molecule has 0 spiro atoms. The Kier molecular flexibility index (Phi) is 6.37. The van der Waals surface area contributed by atoms with Crippen LogP contribution in [0.2, 0.25) is 0 Å². The van der Waals surface area contributed by atoms with Crippen LogP contribution in [-0.2, 0) is 4.74 Å². The Hall–Kier alpha value is -0.730. The van der Waals surface area contributed by atoms with E-state index in [1.165, 1.54) is 7.11 Å². The molecule has 1 amide bonds. The molecule has 78 valence electrons. The zero-order valence-corrected chi connectivity index (χ0v) is 9.17. The fraction of sp³-hybridized carbons (Fsp3) is 0.900. The van der Waals surface area contributed by atoms with Gasteiger partial charge in [0.2, 0.25) is 0 Å². The quantitative estimate of drug-likeness (QED) is 0.583. The summed E-state index contributed by atoms with van der Waals surface area (Å²) in [5, 5.41) is 0. The largest absolute Gasteiger partial charge is 0.453 e. The number of rotatable bonds is 0. The molecule has 0 aromatic rings. The van der Waals surface area contributed by atoms with Crippen LogP contribution in [0.5, 0.6) is 0 Å². The van der Waals surface area contributed by atoms with E-state index in [9.17, 15) is 4.79 Å². The molecule has 1 rings (SSSR count). The Labute approximate surface area is 81.1 Å². The monoisotopic (exact) mass is 187 g/mol. The minimum absolute atomic E-state index is 0.183. The third-order valence-corrected chi connectivity index (χ3v) is 2.22. The molecule has 0 N–H and O–H groups in total. The van der Waals surface area contributed by atoms with Crippen molar-refractivity contribution in [1.82, 2.24) is 4.90 Å². The van der Waals surface area contributed by atoms with E-state index in [0.29, 0.717) is 0 Å². The van der Waals surface area contributed by atoms with Gasteiger partial charge in [0.25, 0.3) is 0 Å². The molecule has 0 atom stereocenters. The van der Waals surface area contributed by atoms with Crippen LogP contribution in [0.1, 0.15) is 33.6 Å². The minimum atomic E-state index is -0.183. The zero-order chi connectivity index (χ0) is 10.3. The summed E-state index contributed by atoms with van der Waals surface area (Å²) in [6.45, 7) is 7.93. The first-order chi connectivity index (χ1) is 6.24. The van der Waals surface area contributed by atoms with Crippen molar-refractivity contribution in [3.8, 4) is 0 Å². The predicted octanol–water partition coefficient (Wildman–Crippen LogP) is 2.51. The highest BCUT2D eigenvalue weighted by atomic mass is 16.5. The lowest BCUT2D eigenvalue weighted by molar-refractivity contribution is 0.108. The average molecular weight is 187 g/mol. The number of piperidine rings is 1. The number of carbonyl (C=O) groups is 1. The topological polar surface area (TPSA) is 29.5 Å². The molecule has 1 saturated heterocycles. The van der Waals surface area contributed by atoms with Gasteiger partial charge in [-0.1, -0.05) is 20.8 Å². The van der Waals surface area contributed by atoms with Gasteiger partial charge >= 0.3 is 6.09 Å². The summed E-state index contributed by atoms with van der Waals surface area (Å²) in [7, 11) is 1.43. The minimum Gasteiger partial charge on any atom is -0.453 e. The highest BCUT2D eigenvalue weighted by Crippen LogP contribution is 2.15. The van der Waals surface area contributed by atoms with Gasteiger partial charge in [0.15, 0.2) is 0 Å². The van der Waals surface area contributed by atoms with Crippen LogP contribution in [0.25, 0.3) is 0 Å². The van der Waals surface area contributed by atoms with E-state index < -0.39 is 0 Å². The van der Waals surface area contributed by atoms with Gasteiger partial charge in [-0.3, -0.25) is 0 Å². The van der Waals surface area contributed by atoms with Gasteiger partial charge in [-0.05, 0) is 18.8 Å². The summed E-state index contributed by atoms with van der Waals surface area (Å²) in [5.74, 6) is 0.760. The summed E-state index contributed by atoms with van der Waals surface area (Å²) >= 11 is 0. The van der Waals surface area contributed by atoms with E-state index in [1.54, 1.807) is 4.90 Å². The Bertz CT molecular complexity index is 140. The lowest BCUT2D eigenvalue weighted by atomic mass is 10.00. The number of hydrogen-bond acceptors (Lipinski definition) is 2. The van der Waals surface area contributed by atoms with Crippen LogP contribution in [-0.4, -0.2) is 31.2 Å². The molecule has 0 aromatic heterocycles. The van der Waals surface area contributed by atoms with Gasteiger partial charge in [-0.25, -0.2) is 4.79 Å². The summed E-state index contributed by atoms with van der Waals surface area (Å²) in [5.41, 5.74) is 0. The molecule has 13 heavy (non-hydrogen) atoms. The third kappa shape index (κ3) is 4.15. The third-order valence-electron chi connectivity index (χ3n) is 2.22. The van der Waals surface area contributed by atoms with Gasteiger partial charge in [0.1, 0.15) is 0 Å². The highest BCUT2D eigenvalue weighted by Gasteiger charge is 2.19. The molecule has 0 saturated carbocycles. The van der Waals surface area contributed by atoms with Crippen molar-refractivity contribution in [2.45, 2.75) is 33.6 Å². The fourth-order valence-electron chi connectivity index (χ4n) is 1.32. The molecule has 0 aliphatic carbocycles. The molecule has 3 nitrogen and oxygen atoms in total. The van der Waals surface area contributed by atoms with Crippen molar-refractivity contribution in [1.29, 1.82) is 0 Å². The van der Waals surface area contributed by atoms with Crippen LogP contribution < -0.4 is 0 Å². The zero-order valence-electron chi connectivity index (χ0n) is 9.17. The molecule has 0 aromatic carbocycles. The summed E-state index contributed by atoms with van der Waals surface area (Å²) in [6.07, 6.45) is 2.03. The van der Waals surface area contributed by atoms with Crippen LogP contribution in [0.3, 0.4) is 0 Å². The molecule has 0 bridgehead atoms. The van der Waals surface area contributed by atoms with Gasteiger partial charge in [-0.2, -0.15) is 0 Å². The summed E-state index contributed by atoms with van der Waals surface area (Å²) < 4.78 is 4.61. The summed E-state index contributed by atoms with van der Waals surface area (Å²) in [6, 6.07) is 0. The predicted molar refractivity (Wildman–Crippen MR) is 53.7 cm³/mol. The number of amides is 1. The van der Waals surface area contributed by atoms with Crippen molar-refractivity contribution in [3.05, 3.63) is 0 Å². The van der Waals surface area contributed by atoms with Crippen molar-refractivity contribution >= 4 is 6.09 Å². The fourth-order valence-corrected chi connectivity index (χ4v) is 1.32. The number of nitrogens with zero attached hydrogens (tertiary/aromatic N) is 1. The normalized spacial score (nSPS) is 17.4. The summed E-state index contributed by atoms with van der Waals surface area (Å²) in [4.78, 5) is 12.7. The molecular formula is C10H21NO2. The maximum Gasteiger partial charge on any atom is 0.409 e. The van der Waals surface area contributed by atoms with E-state index >= 15 is 0 Å². The maximum atomic E-state index is 11.0. The van der Waals surface area contributed by atoms with E-state index in [4.69, 9.17) is 0 Å². The Morgan fingerprint density at radius 3 is 2.15 bits per heavy atom. The number of ether oxygens (including phenoxy) is 1. The number of likely N-dealkylation sites (tertiary alicyclic amines) is 1. The van der Waals surface area contributed by atoms with E-state index in [-0.39, 0.29) is 6.09 Å². The van der Waals surface area contributed by atoms with Gasteiger partial charge in [-0.15, -0.1) is 0 Å². The molecule has 1 aliphatic rings. The van der Waals surface area contributed by atoms with Gasteiger partial charge in [0.05, 0.1) is 7.11 Å². The Balaban J connectivity index is 0.000000671. The molecule has 1 aliphatic heterocycles. The van der Waals surface area contributed by atoms with Crippen LogP contribution in [0.4, 0.5) is 4.79 Å². The first kappa shape index (κ1) is 12.3. The molecule has 1 heterocycles.